The summed E-state index contributed by atoms with van der Waals surface area (Å²) in [5, 5.41) is 21.4. The minimum atomic E-state index is -0.469. The largest absolute Gasteiger partial charge is 0.289 e. The van der Waals surface area contributed by atoms with Crippen molar-refractivity contribution in [3.63, 3.8) is 0 Å². The first-order chi connectivity index (χ1) is 12.9. The van der Waals surface area contributed by atoms with Crippen molar-refractivity contribution in [3.05, 3.63) is 91.0 Å². The van der Waals surface area contributed by atoms with E-state index >= 15 is 0 Å². The zero-order chi connectivity index (χ0) is 19.4. The van der Waals surface area contributed by atoms with E-state index in [0.29, 0.717) is 22.7 Å². The summed E-state index contributed by atoms with van der Waals surface area (Å²) in [6.07, 6.45) is 3.48. The Hall–Kier alpha value is -3.26. The third kappa shape index (κ3) is 4.48. The molecule has 2 aromatic carbocycles. The number of hydrogen-bond donors (Lipinski definition) is 0. The molecule has 27 heavy (non-hydrogen) atoms. The number of carbonyl (C=O) groups is 1. The number of nitrogens with zero attached hydrogens (tertiary/aromatic N) is 2. The van der Waals surface area contributed by atoms with Crippen LogP contribution >= 0.6 is 11.8 Å². The van der Waals surface area contributed by atoms with E-state index in [2.05, 4.69) is 0 Å². The molecule has 3 rings (SSSR count). The molecule has 8 heteroatoms. The summed E-state index contributed by atoms with van der Waals surface area (Å²) in [7, 11) is 0. The summed E-state index contributed by atoms with van der Waals surface area (Å²) in [5.74, 6) is 1.05. The SMILES string of the molecule is O=C1/C(=C\c2ccc([N+](=O)[O-])cc2)CSC/C1=C/c1ccc([N+](=O)[O-])cc1. The Labute approximate surface area is 158 Å². The lowest BCUT2D eigenvalue weighted by molar-refractivity contribution is -0.385. The Morgan fingerprint density at radius 2 is 1.11 bits per heavy atom. The minimum Gasteiger partial charge on any atom is -0.289 e. The Kier molecular flexibility index (Phi) is 5.46. The molecule has 0 aliphatic carbocycles. The van der Waals surface area contributed by atoms with Crippen LogP contribution < -0.4 is 0 Å². The standard InChI is InChI=1S/C19H14N2O5S/c22-19-15(9-13-1-5-17(6-2-13)20(23)24)11-27-12-16(19)10-14-3-7-18(8-4-14)21(25)26/h1-10H,11-12H2/b15-9-,16-10-. The second-order valence-corrected chi connectivity index (χ2v) is 6.84. The van der Waals surface area contributed by atoms with Crippen LogP contribution in [-0.2, 0) is 4.79 Å². The van der Waals surface area contributed by atoms with Gasteiger partial charge in [-0.2, -0.15) is 11.8 Å². The number of benzene rings is 2. The van der Waals surface area contributed by atoms with Gasteiger partial charge in [-0.1, -0.05) is 0 Å². The molecule has 7 nitrogen and oxygen atoms in total. The quantitative estimate of drug-likeness (QED) is 0.444. The highest BCUT2D eigenvalue weighted by Gasteiger charge is 2.21. The van der Waals surface area contributed by atoms with Gasteiger partial charge in [0.05, 0.1) is 9.85 Å². The molecule has 0 unspecified atom stereocenters. The number of carbonyl (C=O) groups excluding carboxylic acids is 1. The molecule has 0 bridgehead atoms. The fourth-order valence-corrected chi connectivity index (χ4v) is 3.58. The van der Waals surface area contributed by atoms with Crippen LogP contribution in [0.3, 0.4) is 0 Å². The summed E-state index contributed by atoms with van der Waals surface area (Å²) in [4.78, 5) is 33.2. The lowest BCUT2D eigenvalue weighted by Gasteiger charge is -2.16. The van der Waals surface area contributed by atoms with Crippen LogP contribution in [-0.4, -0.2) is 27.1 Å². The molecule has 0 aromatic heterocycles. The predicted molar refractivity (Wildman–Crippen MR) is 104 cm³/mol. The van der Waals surface area contributed by atoms with Crippen molar-refractivity contribution in [1.29, 1.82) is 0 Å². The van der Waals surface area contributed by atoms with Crippen molar-refractivity contribution in [2.24, 2.45) is 0 Å². The molecule has 0 amide bonds. The van der Waals surface area contributed by atoms with E-state index < -0.39 is 9.85 Å². The van der Waals surface area contributed by atoms with E-state index in [9.17, 15) is 25.0 Å². The van der Waals surface area contributed by atoms with Crippen LogP contribution in [0, 0.1) is 20.2 Å². The Morgan fingerprint density at radius 3 is 1.44 bits per heavy atom. The second kappa shape index (κ2) is 7.96. The summed E-state index contributed by atoms with van der Waals surface area (Å²) in [5.41, 5.74) is 2.68. The Balaban J connectivity index is 1.82. The first-order valence-electron chi connectivity index (χ1n) is 7.96. The Morgan fingerprint density at radius 1 is 0.741 bits per heavy atom. The third-order valence-electron chi connectivity index (χ3n) is 3.99. The van der Waals surface area contributed by atoms with Crippen LogP contribution in [0.4, 0.5) is 11.4 Å². The highest BCUT2D eigenvalue weighted by atomic mass is 32.2. The van der Waals surface area contributed by atoms with Gasteiger partial charge < -0.3 is 0 Å². The first kappa shape index (κ1) is 18.5. The molecular formula is C19H14N2O5S. The molecule has 0 saturated carbocycles. The van der Waals surface area contributed by atoms with Crippen molar-refractivity contribution >= 4 is 41.1 Å². The minimum absolute atomic E-state index is 0.000233. The van der Waals surface area contributed by atoms with Crippen LogP contribution in [0.5, 0.6) is 0 Å². The van der Waals surface area contributed by atoms with E-state index in [4.69, 9.17) is 0 Å². The summed E-state index contributed by atoms with van der Waals surface area (Å²) in [6.45, 7) is 0. The molecule has 1 heterocycles. The highest BCUT2D eigenvalue weighted by molar-refractivity contribution is 7.99. The van der Waals surface area contributed by atoms with Crippen molar-refractivity contribution in [1.82, 2.24) is 0 Å². The number of thioether (sulfide) groups is 1. The van der Waals surface area contributed by atoms with E-state index in [1.807, 2.05) is 0 Å². The number of non-ortho nitro benzene ring substituents is 2. The van der Waals surface area contributed by atoms with Gasteiger partial charge in [-0.05, 0) is 47.5 Å². The van der Waals surface area contributed by atoms with Gasteiger partial charge in [0.15, 0.2) is 5.78 Å². The lowest BCUT2D eigenvalue weighted by atomic mass is 10.0. The number of ketones is 1. The Bertz CT molecular complexity index is 885. The number of hydrogen-bond acceptors (Lipinski definition) is 6. The molecule has 0 N–H and O–H groups in total. The van der Waals surface area contributed by atoms with Crippen molar-refractivity contribution in [2.75, 3.05) is 11.5 Å². The fourth-order valence-electron chi connectivity index (χ4n) is 2.61. The molecule has 1 aliphatic rings. The molecule has 2 aromatic rings. The molecule has 0 spiro atoms. The third-order valence-corrected chi connectivity index (χ3v) is 5.02. The van der Waals surface area contributed by atoms with Crippen molar-refractivity contribution in [3.8, 4) is 0 Å². The van der Waals surface area contributed by atoms with E-state index in [1.54, 1.807) is 48.2 Å². The molecule has 1 aliphatic heterocycles. The average Bonchev–Trinajstić information content (AvgIpc) is 2.66. The van der Waals surface area contributed by atoms with Gasteiger partial charge in [-0.25, -0.2) is 0 Å². The zero-order valence-corrected chi connectivity index (χ0v) is 14.8. The molecule has 1 saturated heterocycles. The molecular weight excluding hydrogens is 368 g/mol. The van der Waals surface area contributed by atoms with E-state index in [1.165, 1.54) is 24.3 Å². The molecule has 0 atom stereocenters. The number of nitro groups is 2. The second-order valence-electron chi connectivity index (χ2n) is 5.86. The van der Waals surface area contributed by atoms with Crippen LogP contribution in [0.25, 0.3) is 12.2 Å². The number of nitro benzene ring substituents is 2. The van der Waals surface area contributed by atoms with Gasteiger partial charge in [0.2, 0.25) is 0 Å². The summed E-state index contributed by atoms with van der Waals surface area (Å²) >= 11 is 1.60. The maximum absolute atomic E-state index is 12.7. The topological polar surface area (TPSA) is 103 Å². The van der Waals surface area contributed by atoms with Crippen molar-refractivity contribution in [2.45, 2.75) is 0 Å². The van der Waals surface area contributed by atoms with E-state index in [-0.39, 0.29) is 17.2 Å². The van der Waals surface area contributed by atoms with Gasteiger partial charge in [0.25, 0.3) is 11.4 Å². The van der Waals surface area contributed by atoms with Gasteiger partial charge in [0, 0.05) is 46.9 Å². The van der Waals surface area contributed by atoms with Crippen LogP contribution in [0.2, 0.25) is 0 Å². The lowest BCUT2D eigenvalue weighted by Crippen LogP contribution is -2.16. The molecule has 0 radical (unpaired) electrons. The predicted octanol–water partition coefficient (Wildman–Crippen LogP) is 4.29. The maximum atomic E-state index is 12.7. The van der Waals surface area contributed by atoms with Gasteiger partial charge >= 0.3 is 0 Å². The van der Waals surface area contributed by atoms with Gasteiger partial charge in [-0.15, -0.1) is 0 Å². The van der Waals surface area contributed by atoms with Gasteiger partial charge in [0.1, 0.15) is 0 Å². The average molecular weight is 382 g/mol. The van der Waals surface area contributed by atoms with Crippen molar-refractivity contribution < 1.29 is 14.6 Å². The van der Waals surface area contributed by atoms with Gasteiger partial charge in [-0.3, -0.25) is 25.0 Å². The number of rotatable bonds is 4. The van der Waals surface area contributed by atoms with E-state index in [0.717, 1.165) is 11.1 Å². The smallest absolute Gasteiger partial charge is 0.269 e. The van der Waals surface area contributed by atoms with Crippen LogP contribution in [0.15, 0.2) is 59.7 Å². The fraction of sp³-hybridized carbons (Fsp3) is 0.105. The number of Topliss-reactive ketones (excluding diaryl/α,β-unsaturated/α-hetero) is 1. The monoisotopic (exact) mass is 382 g/mol. The highest BCUT2D eigenvalue weighted by Crippen LogP contribution is 2.27. The summed E-state index contributed by atoms with van der Waals surface area (Å²) < 4.78 is 0. The summed E-state index contributed by atoms with van der Waals surface area (Å²) in [6, 6.07) is 12.0. The molecule has 136 valence electrons. The normalized spacial score (nSPS) is 17.3. The molecule has 1 fully saturated rings. The first-order valence-corrected chi connectivity index (χ1v) is 9.12. The van der Waals surface area contributed by atoms with Crippen LogP contribution in [0.1, 0.15) is 11.1 Å². The maximum Gasteiger partial charge on any atom is 0.269 e. The zero-order valence-electron chi connectivity index (χ0n) is 14.0.